The highest BCUT2D eigenvalue weighted by molar-refractivity contribution is 6.62. The van der Waals surface area contributed by atoms with Gasteiger partial charge in [0.25, 0.3) is 0 Å². The second-order valence-corrected chi connectivity index (χ2v) is 9.22. The molecule has 0 heterocycles. The van der Waals surface area contributed by atoms with E-state index in [0.29, 0.717) is 25.2 Å². The van der Waals surface area contributed by atoms with Crippen molar-refractivity contribution in [3.63, 3.8) is 0 Å². The topological polar surface area (TPSA) is 42.5 Å². The first-order valence-electron chi connectivity index (χ1n) is 8.17. The van der Waals surface area contributed by atoms with E-state index < -0.39 is 8.88 Å². The molecule has 120 valence electrons. The van der Waals surface area contributed by atoms with Crippen LogP contribution in [0.4, 0.5) is 0 Å². The van der Waals surface area contributed by atoms with Gasteiger partial charge in [-0.05, 0) is 53.4 Å². The summed E-state index contributed by atoms with van der Waals surface area (Å²) < 4.78 is 12.2. The molecule has 0 aromatic heterocycles. The molecular formula is C15H34N2O2Si. The molecule has 2 N–H and O–H groups in total. The van der Waals surface area contributed by atoms with Crippen LogP contribution < -0.4 is 9.96 Å². The summed E-state index contributed by atoms with van der Waals surface area (Å²) in [5.41, 5.74) is -0.0263. The van der Waals surface area contributed by atoms with E-state index in [1.807, 2.05) is 13.8 Å². The highest BCUT2D eigenvalue weighted by Crippen LogP contribution is 2.25. The summed E-state index contributed by atoms with van der Waals surface area (Å²) in [5, 5.41) is 0. The van der Waals surface area contributed by atoms with Gasteiger partial charge < -0.3 is 8.85 Å². The van der Waals surface area contributed by atoms with Crippen LogP contribution in [0.15, 0.2) is 0 Å². The minimum absolute atomic E-state index is 0.0263. The molecule has 0 spiro atoms. The molecule has 20 heavy (non-hydrogen) atoms. The van der Waals surface area contributed by atoms with Crippen molar-refractivity contribution in [3.8, 4) is 0 Å². The third-order valence-corrected chi connectivity index (χ3v) is 6.94. The molecule has 4 nitrogen and oxygen atoms in total. The summed E-state index contributed by atoms with van der Waals surface area (Å²) in [6, 6.07) is 0.503. The van der Waals surface area contributed by atoms with Crippen LogP contribution >= 0.6 is 0 Å². The predicted molar refractivity (Wildman–Crippen MR) is 86.5 cm³/mol. The van der Waals surface area contributed by atoms with Crippen molar-refractivity contribution in [2.45, 2.75) is 78.8 Å². The highest BCUT2D eigenvalue weighted by Gasteiger charge is 2.45. The number of rotatable bonds is 7. The van der Waals surface area contributed by atoms with Crippen molar-refractivity contribution in [1.29, 1.82) is 0 Å². The van der Waals surface area contributed by atoms with Gasteiger partial charge in [-0.2, -0.15) is 0 Å². The maximum absolute atomic E-state index is 6.09. The number of nitrogens with one attached hydrogen (secondary N) is 2. The highest BCUT2D eigenvalue weighted by atomic mass is 28.4. The molecule has 1 rings (SSSR count). The van der Waals surface area contributed by atoms with Gasteiger partial charge >= 0.3 is 8.88 Å². The average molecular weight is 303 g/mol. The van der Waals surface area contributed by atoms with E-state index in [-0.39, 0.29) is 5.54 Å². The summed E-state index contributed by atoms with van der Waals surface area (Å²) in [4.78, 5) is 7.38. The van der Waals surface area contributed by atoms with Crippen molar-refractivity contribution < 1.29 is 8.85 Å². The molecule has 1 aliphatic carbocycles. The monoisotopic (exact) mass is 302 g/mol. The third-order valence-electron chi connectivity index (χ3n) is 3.72. The Balaban J connectivity index is 2.83. The smallest absolute Gasteiger partial charge is 0.371 e. The number of hydrogen-bond donors (Lipinski definition) is 2. The average Bonchev–Trinajstić information content (AvgIpc) is 2.30. The molecule has 0 amide bonds. The second-order valence-electron chi connectivity index (χ2n) is 6.87. The molecule has 1 fully saturated rings. The Morgan fingerprint density at radius 3 is 2.05 bits per heavy atom. The molecule has 1 aliphatic rings. The molecule has 0 aromatic carbocycles. The standard InChI is InChI=1S/C15H34N2O2Si/c1-7-18-20(19-8-2,17-15(4,5)6)16-14-12-10-9-11-13(14)3/h13-14,16-17H,7-12H2,1-6H3. The van der Waals surface area contributed by atoms with Crippen molar-refractivity contribution >= 4 is 8.88 Å². The Morgan fingerprint density at radius 2 is 1.60 bits per heavy atom. The van der Waals surface area contributed by atoms with Crippen LogP contribution in [0, 0.1) is 5.92 Å². The van der Waals surface area contributed by atoms with Crippen LogP contribution in [-0.4, -0.2) is 33.7 Å². The van der Waals surface area contributed by atoms with Crippen molar-refractivity contribution in [3.05, 3.63) is 0 Å². The first-order chi connectivity index (χ1) is 9.32. The van der Waals surface area contributed by atoms with Crippen LogP contribution in [0.2, 0.25) is 0 Å². The van der Waals surface area contributed by atoms with E-state index in [4.69, 9.17) is 8.85 Å². The minimum atomic E-state index is -2.56. The van der Waals surface area contributed by atoms with Gasteiger partial charge in [-0.1, -0.05) is 19.8 Å². The number of hydrogen-bond acceptors (Lipinski definition) is 4. The van der Waals surface area contributed by atoms with E-state index in [2.05, 4.69) is 37.7 Å². The molecule has 0 aromatic rings. The lowest BCUT2D eigenvalue weighted by Gasteiger charge is -2.41. The molecule has 1 saturated carbocycles. The Bertz CT molecular complexity index is 276. The quantitative estimate of drug-likeness (QED) is 0.709. The van der Waals surface area contributed by atoms with Gasteiger partial charge in [0.2, 0.25) is 0 Å². The van der Waals surface area contributed by atoms with Gasteiger partial charge in [-0.15, -0.1) is 0 Å². The Hall–Kier alpha value is 0.0569. The lowest BCUT2D eigenvalue weighted by Crippen LogP contribution is -2.73. The Labute approximate surface area is 126 Å². The van der Waals surface area contributed by atoms with Gasteiger partial charge in [-0.3, -0.25) is 9.96 Å². The molecule has 0 bridgehead atoms. The fourth-order valence-electron chi connectivity index (χ4n) is 2.91. The van der Waals surface area contributed by atoms with Crippen LogP contribution in [0.25, 0.3) is 0 Å². The van der Waals surface area contributed by atoms with Crippen LogP contribution in [-0.2, 0) is 8.85 Å². The van der Waals surface area contributed by atoms with Crippen LogP contribution in [0.3, 0.4) is 0 Å². The molecule has 2 atom stereocenters. The van der Waals surface area contributed by atoms with Gasteiger partial charge in [0.1, 0.15) is 0 Å². The summed E-state index contributed by atoms with van der Waals surface area (Å²) in [6.45, 7) is 14.3. The van der Waals surface area contributed by atoms with E-state index in [9.17, 15) is 0 Å². The van der Waals surface area contributed by atoms with Gasteiger partial charge in [0.05, 0.1) is 0 Å². The fourth-order valence-corrected chi connectivity index (χ4v) is 6.09. The van der Waals surface area contributed by atoms with Gasteiger partial charge in [0, 0.05) is 24.8 Å². The van der Waals surface area contributed by atoms with Crippen molar-refractivity contribution in [2.24, 2.45) is 5.92 Å². The summed E-state index contributed by atoms with van der Waals surface area (Å²) in [7, 11) is -2.56. The third kappa shape index (κ3) is 5.82. The predicted octanol–water partition coefficient (Wildman–Crippen LogP) is 3.05. The van der Waals surface area contributed by atoms with E-state index >= 15 is 0 Å². The van der Waals surface area contributed by atoms with Crippen LogP contribution in [0.1, 0.15) is 67.2 Å². The van der Waals surface area contributed by atoms with Crippen LogP contribution in [0.5, 0.6) is 0 Å². The molecule has 0 aliphatic heterocycles. The van der Waals surface area contributed by atoms with Crippen molar-refractivity contribution in [2.75, 3.05) is 13.2 Å². The summed E-state index contributed by atoms with van der Waals surface area (Å²) in [5.74, 6) is 0.693. The summed E-state index contributed by atoms with van der Waals surface area (Å²) >= 11 is 0. The second kappa shape index (κ2) is 7.89. The van der Waals surface area contributed by atoms with Crippen molar-refractivity contribution in [1.82, 2.24) is 9.96 Å². The lowest BCUT2D eigenvalue weighted by molar-refractivity contribution is 0.134. The van der Waals surface area contributed by atoms with E-state index in [1.165, 1.54) is 25.7 Å². The van der Waals surface area contributed by atoms with Gasteiger partial charge in [0.15, 0.2) is 0 Å². The first-order valence-corrected chi connectivity index (χ1v) is 9.98. The SMILES string of the molecule is CCO[Si](NC1CCCCC1C)(NC(C)(C)C)OCC. The van der Waals surface area contributed by atoms with E-state index in [1.54, 1.807) is 0 Å². The zero-order valence-electron chi connectivity index (χ0n) is 14.2. The van der Waals surface area contributed by atoms with E-state index in [0.717, 1.165) is 0 Å². The fraction of sp³-hybridized carbons (Fsp3) is 1.00. The Morgan fingerprint density at radius 1 is 1.05 bits per heavy atom. The van der Waals surface area contributed by atoms with Gasteiger partial charge in [-0.25, -0.2) is 0 Å². The first kappa shape index (κ1) is 18.1. The minimum Gasteiger partial charge on any atom is -0.371 e. The molecule has 0 radical (unpaired) electrons. The summed E-state index contributed by atoms with van der Waals surface area (Å²) in [6.07, 6.45) is 5.18. The maximum Gasteiger partial charge on any atom is 0.517 e. The maximum atomic E-state index is 6.09. The zero-order valence-corrected chi connectivity index (χ0v) is 15.2. The molecule has 2 unspecified atom stereocenters. The lowest BCUT2D eigenvalue weighted by atomic mass is 9.87. The largest absolute Gasteiger partial charge is 0.517 e. The Kier molecular flexibility index (Phi) is 7.15. The molecule has 5 heteroatoms. The molecular weight excluding hydrogens is 268 g/mol. The normalized spacial score (nSPS) is 24.9. The zero-order chi connectivity index (χ0) is 15.2. The molecule has 0 saturated heterocycles.